The van der Waals surface area contributed by atoms with Gasteiger partial charge in [0.1, 0.15) is 5.76 Å². The van der Waals surface area contributed by atoms with Gasteiger partial charge in [-0.1, -0.05) is 59.6 Å². The lowest BCUT2D eigenvalue weighted by molar-refractivity contribution is -0.130. The third-order valence-electron chi connectivity index (χ3n) is 3.28. The van der Waals surface area contributed by atoms with Crippen LogP contribution in [0.1, 0.15) is 16.7 Å². The zero-order chi connectivity index (χ0) is 14.8. The van der Waals surface area contributed by atoms with Crippen LogP contribution in [0.4, 0.5) is 0 Å². The summed E-state index contributed by atoms with van der Waals surface area (Å²) in [4.78, 5) is 12.0. The number of cyclic esters (lactones) is 1. The minimum absolute atomic E-state index is 0.356. The van der Waals surface area contributed by atoms with E-state index < -0.39 is 0 Å². The number of carbonyl (C=O) groups excluding carboxylic acids is 1. The molecule has 0 aromatic heterocycles. The predicted octanol–water partition coefficient (Wildman–Crippen LogP) is 4.63. The van der Waals surface area contributed by atoms with Gasteiger partial charge in [-0.05, 0) is 30.7 Å². The third-order valence-corrected chi connectivity index (χ3v) is 3.62. The smallest absolute Gasteiger partial charge is 0.343 e. The Balaban J connectivity index is 1.96. The Kier molecular flexibility index (Phi) is 3.63. The molecule has 2 nitrogen and oxygen atoms in total. The second kappa shape index (κ2) is 5.58. The van der Waals surface area contributed by atoms with Crippen LogP contribution in [-0.4, -0.2) is 5.97 Å². The third kappa shape index (κ3) is 2.91. The monoisotopic (exact) mass is 296 g/mol. The number of rotatable bonds is 2. The number of esters is 1. The van der Waals surface area contributed by atoms with Crippen LogP contribution in [0.5, 0.6) is 0 Å². The first-order chi connectivity index (χ1) is 10.1. The molecule has 0 bridgehead atoms. The maximum atomic E-state index is 12.0. The van der Waals surface area contributed by atoms with Crippen molar-refractivity contribution in [2.75, 3.05) is 0 Å². The van der Waals surface area contributed by atoms with Gasteiger partial charge in [-0.15, -0.1) is 0 Å². The van der Waals surface area contributed by atoms with E-state index in [0.717, 1.165) is 16.7 Å². The van der Waals surface area contributed by atoms with Crippen molar-refractivity contribution in [3.8, 4) is 0 Å². The van der Waals surface area contributed by atoms with Gasteiger partial charge >= 0.3 is 5.97 Å². The number of hydrogen-bond acceptors (Lipinski definition) is 2. The molecule has 0 unspecified atom stereocenters. The molecule has 1 aliphatic rings. The van der Waals surface area contributed by atoms with Crippen LogP contribution in [0.2, 0.25) is 5.02 Å². The van der Waals surface area contributed by atoms with Crippen LogP contribution < -0.4 is 0 Å². The summed E-state index contributed by atoms with van der Waals surface area (Å²) >= 11 is 6.10. The zero-order valence-electron chi connectivity index (χ0n) is 11.5. The molecule has 0 radical (unpaired) electrons. The van der Waals surface area contributed by atoms with Gasteiger partial charge in [-0.25, -0.2) is 4.79 Å². The van der Waals surface area contributed by atoms with Crippen LogP contribution >= 0.6 is 11.6 Å². The van der Waals surface area contributed by atoms with Gasteiger partial charge in [0.15, 0.2) is 0 Å². The largest absolute Gasteiger partial charge is 0.422 e. The maximum Gasteiger partial charge on any atom is 0.343 e. The average molecular weight is 297 g/mol. The molecule has 0 atom stereocenters. The second-order valence-electron chi connectivity index (χ2n) is 4.89. The average Bonchev–Trinajstić information content (AvgIpc) is 2.83. The summed E-state index contributed by atoms with van der Waals surface area (Å²) in [6.07, 6.45) is 3.49. The highest BCUT2D eigenvalue weighted by molar-refractivity contribution is 6.32. The second-order valence-corrected chi connectivity index (χ2v) is 5.29. The summed E-state index contributed by atoms with van der Waals surface area (Å²) in [5.74, 6) is 0.212. The first-order valence-electron chi connectivity index (χ1n) is 6.60. The van der Waals surface area contributed by atoms with E-state index in [1.165, 1.54) is 0 Å². The Hall–Kier alpha value is -2.32. The van der Waals surface area contributed by atoms with Crippen LogP contribution in [0.3, 0.4) is 0 Å². The van der Waals surface area contributed by atoms with Crippen molar-refractivity contribution >= 4 is 29.4 Å². The molecular formula is C18H13ClO2. The Labute approximate surface area is 128 Å². The molecule has 0 aliphatic carbocycles. The SMILES string of the molecule is Cc1ccc(C2=C/C(=C/c3ccccc3Cl)C(=O)O2)cc1. The first-order valence-corrected chi connectivity index (χ1v) is 6.98. The van der Waals surface area contributed by atoms with E-state index in [1.807, 2.05) is 49.4 Å². The summed E-state index contributed by atoms with van der Waals surface area (Å²) in [5, 5.41) is 0.606. The molecule has 21 heavy (non-hydrogen) atoms. The van der Waals surface area contributed by atoms with E-state index in [9.17, 15) is 4.79 Å². The lowest BCUT2D eigenvalue weighted by Gasteiger charge is -2.01. The fraction of sp³-hybridized carbons (Fsp3) is 0.0556. The summed E-state index contributed by atoms with van der Waals surface area (Å²) in [6.45, 7) is 2.02. The minimum atomic E-state index is -0.356. The lowest BCUT2D eigenvalue weighted by atomic mass is 10.1. The molecule has 0 amide bonds. The Bertz CT molecular complexity index is 755. The van der Waals surface area contributed by atoms with Crippen molar-refractivity contribution in [2.24, 2.45) is 0 Å². The predicted molar refractivity (Wildman–Crippen MR) is 84.7 cm³/mol. The summed E-state index contributed by atoms with van der Waals surface area (Å²) in [7, 11) is 0. The highest BCUT2D eigenvalue weighted by Crippen LogP contribution is 2.28. The quantitative estimate of drug-likeness (QED) is 0.596. The Morgan fingerprint density at radius 3 is 2.48 bits per heavy atom. The van der Waals surface area contributed by atoms with Crippen molar-refractivity contribution in [1.29, 1.82) is 0 Å². The molecule has 0 spiro atoms. The van der Waals surface area contributed by atoms with Gasteiger partial charge in [-0.2, -0.15) is 0 Å². The molecule has 0 N–H and O–H groups in total. The number of halogens is 1. The summed E-state index contributed by atoms with van der Waals surface area (Å²) < 4.78 is 5.32. The van der Waals surface area contributed by atoms with Gasteiger partial charge in [0.05, 0.1) is 5.57 Å². The summed E-state index contributed by atoms with van der Waals surface area (Å²) in [6, 6.07) is 15.2. The number of hydrogen-bond donors (Lipinski definition) is 0. The van der Waals surface area contributed by atoms with E-state index in [1.54, 1.807) is 18.2 Å². The highest BCUT2D eigenvalue weighted by atomic mass is 35.5. The number of benzene rings is 2. The molecular weight excluding hydrogens is 284 g/mol. The Morgan fingerprint density at radius 2 is 1.76 bits per heavy atom. The minimum Gasteiger partial charge on any atom is -0.422 e. The number of ether oxygens (including phenoxy) is 1. The van der Waals surface area contributed by atoms with E-state index >= 15 is 0 Å². The summed E-state index contributed by atoms with van der Waals surface area (Å²) in [5.41, 5.74) is 3.35. The standard InChI is InChI=1S/C18H13ClO2/c1-12-6-8-13(9-7-12)17-11-15(18(20)21-17)10-14-4-2-3-5-16(14)19/h2-11H,1H3/b15-10-. The van der Waals surface area contributed by atoms with E-state index in [0.29, 0.717) is 16.4 Å². The van der Waals surface area contributed by atoms with Crippen molar-refractivity contribution < 1.29 is 9.53 Å². The van der Waals surface area contributed by atoms with Crippen molar-refractivity contribution in [1.82, 2.24) is 0 Å². The topological polar surface area (TPSA) is 26.3 Å². The molecule has 1 aliphatic heterocycles. The van der Waals surface area contributed by atoms with Crippen LogP contribution in [-0.2, 0) is 9.53 Å². The van der Waals surface area contributed by atoms with Crippen LogP contribution in [0.25, 0.3) is 11.8 Å². The first kappa shape index (κ1) is 13.7. The molecule has 3 rings (SSSR count). The molecule has 3 heteroatoms. The fourth-order valence-electron chi connectivity index (χ4n) is 2.11. The maximum absolute atomic E-state index is 12.0. The van der Waals surface area contributed by atoms with E-state index in [4.69, 9.17) is 16.3 Å². The molecule has 104 valence electrons. The molecule has 2 aromatic carbocycles. The fourth-order valence-corrected chi connectivity index (χ4v) is 2.30. The number of aryl methyl sites for hydroxylation is 1. The van der Waals surface area contributed by atoms with Gasteiger partial charge in [0.2, 0.25) is 0 Å². The Morgan fingerprint density at radius 1 is 1.05 bits per heavy atom. The van der Waals surface area contributed by atoms with Gasteiger partial charge in [0.25, 0.3) is 0 Å². The highest BCUT2D eigenvalue weighted by Gasteiger charge is 2.22. The van der Waals surface area contributed by atoms with Crippen molar-refractivity contribution in [3.63, 3.8) is 0 Å². The van der Waals surface area contributed by atoms with Gasteiger partial charge < -0.3 is 4.74 Å². The molecule has 2 aromatic rings. The zero-order valence-corrected chi connectivity index (χ0v) is 12.2. The van der Waals surface area contributed by atoms with Crippen LogP contribution in [0, 0.1) is 6.92 Å². The van der Waals surface area contributed by atoms with Crippen LogP contribution in [0.15, 0.2) is 60.2 Å². The molecule has 0 saturated carbocycles. The van der Waals surface area contributed by atoms with E-state index in [2.05, 4.69) is 0 Å². The molecule has 0 saturated heterocycles. The van der Waals surface area contributed by atoms with Gasteiger partial charge in [0, 0.05) is 10.6 Å². The molecule has 0 fully saturated rings. The lowest BCUT2D eigenvalue weighted by Crippen LogP contribution is -1.97. The van der Waals surface area contributed by atoms with Crippen molar-refractivity contribution in [2.45, 2.75) is 6.92 Å². The molecule has 1 heterocycles. The normalized spacial score (nSPS) is 16.0. The van der Waals surface area contributed by atoms with E-state index in [-0.39, 0.29) is 5.97 Å². The van der Waals surface area contributed by atoms with Gasteiger partial charge in [-0.3, -0.25) is 0 Å². The number of carbonyl (C=O) groups is 1. The van der Waals surface area contributed by atoms with Crippen molar-refractivity contribution in [3.05, 3.63) is 81.9 Å².